The zero-order chi connectivity index (χ0) is 17.3. The van der Waals surface area contributed by atoms with Crippen molar-refractivity contribution < 1.29 is 21.2 Å². The van der Waals surface area contributed by atoms with Crippen molar-refractivity contribution in [2.75, 3.05) is 11.8 Å². The zero-order valence-electron chi connectivity index (χ0n) is 12.4. The molecule has 23 heavy (non-hydrogen) atoms. The van der Waals surface area contributed by atoms with E-state index in [0.29, 0.717) is 5.56 Å². The van der Waals surface area contributed by atoms with Crippen LogP contribution in [0.5, 0.6) is 0 Å². The maximum atomic E-state index is 13.7. The van der Waals surface area contributed by atoms with Crippen molar-refractivity contribution in [3.05, 3.63) is 53.8 Å². The van der Waals surface area contributed by atoms with E-state index < -0.39 is 25.9 Å². The summed E-state index contributed by atoms with van der Waals surface area (Å²) in [5, 5.41) is 0. The van der Waals surface area contributed by atoms with Crippen LogP contribution in [0.1, 0.15) is 5.56 Å². The van der Waals surface area contributed by atoms with Gasteiger partial charge in [-0.3, -0.25) is 4.72 Å². The van der Waals surface area contributed by atoms with Gasteiger partial charge in [0, 0.05) is 0 Å². The second kappa shape index (κ2) is 6.26. The minimum absolute atomic E-state index is 0.0690. The van der Waals surface area contributed by atoms with Crippen molar-refractivity contribution in [1.82, 2.24) is 4.72 Å². The molecule has 0 aromatic heterocycles. The number of nitrogens with one attached hydrogen (secondary N) is 2. The normalized spacial score (nSPS) is 12.1. The van der Waals surface area contributed by atoms with Crippen LogP contribution in [0.3, 0.4) is 0 Å². The second-order valence-electron chi connectivity index (χ2n) is 4.77. The fourth-order valence-electron chi connectivity index (χ4n) is 1.82. The highest BCUT2D eigenvalue weighted by atomic mass is 32.2. The van der Waals surface area contributed by atoms with Crippen LogP contribution in [0.15, 0.2) is 52.3 Å². The standard InChI is InChI=1S/C14H15FN2O4S2/c1-10-3-8-14(13(15)9-10)17-23(20,21)12-6-4-11(5-7-12)22(18,19)16-2/h3-9,16-17H,1-2H3. The topological polar surface area (TPSA) is 92.3 Å². The molecule has 0 saturated carbocycles. The van der Waals surface area contributed by atoms with Gasteiger partial charge in [0.25, 0.3) is 10.0 Å². The molecule has 0 aliphatic heterocycles. The van der Waals surface area contributed by atoms with Gasteiger partial charge < -0.3 is 0 Å². The maximum absolute atomic E-state index is 13.7. The third-order valence-corrected chi connectivity index (χ3v) is 5.89. The molecule has 0 unspecified atom stereocenters. The van der Waals surface area contributed by atoms with Gasteiger partial charge in [-0.05, 0) is 55.9 Å². The second-order valence-corrected chi connectivity index (χ2v) is 8.34. The fraction of sp³-hybridized carbons (Fsp3) is 0.143. The molecule has 124 valence electrons. The molecule has 2 rings (SSSR count). The summed E-state index contributed by atoms with van der Waals surface area (Å²) < 4.78 is 65.7. The summed E-state index contributed by atoms with van der Waals surface area (Å²) in [5.74, 6) is -0.692. The Hall–Kier alpha value is -1.97. The van der Waals surface area contributed by atoms with Crippen LogP contribution < -0.4 is 9.44 Å². The largest absolute Gasteiger partial charge is 0.277 e. The summed E-state index contributed by atoms with van der Waals surface area (Å²) in [6.45, 7) is 1.68. The molecule has 9 heteroatoms. The minimum atomic E-state index is -4.02. The van der Waals surface area contributed by atoms with Crippen molar-refractivity contribution in [1.29, 1.82) is 0 Å². The van der Waals surface area contributed by atoms with Gasteiger partial charge in [0.2, 0.25) is 10.0 Å². The zero-order valence-corrected chi connectivity index (χ0v) is 14.0. The third kappa shape index (κ3) is 3.87. The number of sulfonamides is 2. The van der Waals surface area contributed by atoms with E-state index in [0.717, 1.165) is 24.3 Å². The number of hydrogen-bond donors (Lipinski definition) is 2. The first-order valence-electron chi connectivity index (χ1n) is 6.48. The molecule has 0 aliphatic carbocycles. The Morgan fingerprint density at radius 1 is 0.870 bits per heavy atom. The van der Waals surface area contributed by atoms with Gasteiger partial charge in [0.15, 0.2) is 0 Å². The van der Waals surface area contributed by atoms with Gasteiger partial charge in [-0.1, -0.05) is 6.07 Å². The van der Waals surface area contributed by atoms with Crippen LogP contribution in [0.4, 0.5) is 10.1 Å². The van der Waals surface area contributed by atoms with Gasteiger partial charge in [0.1, 0.15) is 5.82 Å². The Bertz CT molecular complexity index is 924. The van der Waals surface area contributed by atoms with Crippen LogP contribution in [-0.2, 0) is 20.0 Å². The molecule has 0 radical (unpaired) electrons. The van der Waals surface area contributed by atoms with E-state index in [1.165, 1.54) is 19.2 Å². The molecule has 2 N–H and O–H groups in total. The summed E-state index contributed by atoms with van der Waals surface area (Å²) in [6, 6.07) is 8.70. The molecule has 0 heterocycles. The molecular formula is C14H15FN2O4S2. The number of halogens is 1. The lowest BCUT2D eigenvalue weighted by atomic mass is 10.2. The van der Waals surface area contributed by atoms with E-state index in [1.807, 2.05) is 0 Å². The summed E-state index contributed by atoms with van der Waals surface area (Å²) >= 11 is 0. The fourth-order valence-corrected chi connectivity index (χ4v) is 3.62. The molecule has 2 aromatic carbocycles. The van der Waals surface area contributed by atoms with E-state index in [-0.39, 0.29) is 15.5 Å². The van der Waals surface area contributed by atoms with Gasteiger partial charge >= 0.3 is 0 Å². The highest BCUT2D eigenvalue weighted by Crippen LogP contribution is 2.21. The van der Waals surface area contributed by atoms with Gasteiger partial charge in [-0.2, -0.15) is 0 Å². The number of benzene rings is 2. The predicted octanol–water partition coefficient (Wildman–Crippen LogP) is 1.84. The van der Waals surface area contributed by atoms with Crippen molar-refractivity contribution in [3.63, 3.8) is 0 Å². The van der Waals surface area contributed by atoms with E-state index in [1.54, 1.807) is 13.0 Å². The number of rotatable bonds is 5. The average molecular weight is 358 g/mol. The van der Waals surface area contributed by atoms with E-state index in [9.17, 15) is 21.2 Å². The lowest BCUT2D eigenvalue weighted by Gasteiger charge is -2.10. The number of anilines is 1. The number of aryl methyl sites for hydroxylation is 1. The molecule has 0 saturated heterocycles. The Balaban J connectivity index is 2.33. The van der Waals surface area contributed by atoms with Crippen LogP contribution in [-0.4, -0.2) is 23.9 Å². The Morgan fingerprint density at radius 2 is 1.39 bits per heavy atom. The van der Waals surface area contributed by atoms with E-state index in [2.05, 4.69) is 9.44 Å². The molecule has 0 fully saturated rings. The Labute approximate surface area is 134 Å². The highest BCUT2D eigenvalue weighted by molar-refractivity contribution is 7.92. The van der Waals surface area contributed by atoms with Crippen LogP contribution in [0.2, 0.25) is 0 Å². The quantitative estimate of drug-likeness (QED) is 0.853. The summed E-state index contributed by atoms with van der Waals surface area (Å²) in [5.41, 5.74) is 0.481. The smallest absolute Gasteiger partial charge is 0.261 e. The number of hydrogen-bond acceptors (Lipinski definition) is 4. The van der Waals surface area contributed by atoms with Gasteiger partial charge in [0.05, 0.1) is 15.5 Å². The van der Waals surface area contributed by atoms with Crippen molar-refractivity contribution >= 4 is 25.7 Å². The van der Waals surface area contributed by atoms with Crippen molar-refractivity contribution in [3.8, 4) is 0 Å². The molecule has 0 aliphatic rings. The molecule has 0 atom stereocenters. The van der Waals surface area contributed by atoms with Crippen molar-refractivity contribution in [2.24, 2.45) is 0 Å². The Morgan fingerprint density at radius 3 is 1.87 bits per heavy atom. The van der Waals surface area contributed by atoms with E-state index in [4.69, 9.17) is 0 Å². The molecular weight excluding hydrogens is 343 g/mol. The summed E-state index contributed by atoms with van der Waals surface area (Å²) in [7, 11) is -6.43. The van der Waals surface area contributed by atoms with E-state index >= 15 is 0 Å². The van der Waals surface area contributed by atoms with Gasteiger partial charge in [-0.15, -0.1) is 0 Å². The first kappa shape index (κ1) is 17.4. The lowest BCUT2D eigenvalue weighted by Crippen LogP contribution is -2.19. The molecule has 0 spiro atoms. The minimum Gasteiger partial charge on any atom is -0.277 e. The van der Waals surface area contributed by atoms with Crippen LogP contribution in [0.25, 0.3) is 0 Å². The highest BCUT2D eigenvalue weighted by Gasteiger charge is 2.18. The Kier molecular flexibility index (Phi) is 4.73. The van der Waals surface area contributed by atoms with Crippen molar-refractivity contribution in [2.45, 2.75) is 16.7 Å². The first-order chi connectivity index (χ1) is 10.7. The predicted molar refractivity (Wildman–Crippen MR) is 84.6 cm³/mol. The van der Waals surface area contributed by atoms with Crippen LogP contribution >= 0.6 is 0 Å². The van der Waals surface area contributed by atoms with Crippen LogP contribution in [0, 0.1) is 12.7 Å². The molecule has 0 bridgehead atoms. The third-order valence-electron chi connectivity index (χ3n) is 3.08. The summed E-state index contributed by atoms with van der Waals surface area (Å²) in [4.78, 5) is -0.243. The first-order valence-corrected chi connectivity index (χ1v) is 9.45. The SMILES string of the molecule is CNS(=O)(=O)c1ccc(S(=O)(=O)Nc2ccc(C)cc2F)cc1. The monoisotopic (exact) mass is 358 g/mol. The average Bonchev–Trinajstić information content (AvgIpc) is 2.50. The molecule has 6 nitrogen and oxygen atoms in total. The lowest BCUT2D eigenvalue weighted by molar-refractivity contribution is 0.587. The molecule has 2 aromatic rings. The summed E-state index contributed by atoms with van der Waals surface area (Å²) in [6.07, 6.45) is 0. The molecule has 0 amide bonds. The van der Waals surface area contributed by atoms with Gasteiger partial charge in [-0.25, -0.2) is 25.9 Å². The maximum Gasteiger partial charge on any atom is 0.261 e.